The van der Waals surface area contributed by atoms with Crippen LogP contribution in [0.1, 0.15) is 25.7 Å². The summed E-state index contributed by atoms with van der Waals surface area (Å²) < 4.78 is 5.42. The van der Waals surface area contributed by atoms with Crippen molar-refractivity contribution in [3.8, 4) is 6.01 Å². The van der Waals surface area contributed by atoms with Crippen LogP contribution in [0, 0.1) is 0 Å². The number of nitrogens with two attached hydrogens (primary N) is 1. The maximum Gasteiger partial charge on any atom is 0.323 e. The van der Waals surface area contributed by atoms with Crippen LogP contribution in [0.4, 0.5) is 11.9 Å². The molecule has 1 aliphatic heterocycles. The van der Waals surface area contributed by atoms with Crippen LogP contribution >= 0.6 is 0 Å². The van der Waals surface area contributed by atoms with E-state index in [1.165, 1.54) is 6.42 Å². The number of nitrogens with zero attached hydrogens (tertiary/aromatic N) is 4. The summed E-state index contributed by atoms with van der Waals surface area (Å²) in [6, 6.07) is 0.296. The van der Waals surface area contributed by atoms with E-state index in [-0.39, 0.29) is 5.95 Å². The van der Waals surface area contributed by atoms with Crippen molar-refractivity contribution in [2.45, 2.75) is 25.7 Å². The Hall–Kier alpha value is -1.85. The molecule has 6 heteroatoms. The lowest BCUT2D eigenvalue weighted by Gasteiger charge is -2.26. The molecule has 0 saturated carbocycles. The van der Waals surface area contributed by atoms with Gasteiger partial charge < -0.3 is 15.4 Å². The number of ether oxygens (including phenoxy) is 1. The molecule has 0 bridgehead atoms. The first-order chi connectivity index (χ1) is 8.79. The second-order valence-corrected chi connectivity index (χ2v) is 4.25. The minimum Gasteiger partial charge on any atom is -0.463 e. The molecular formula is C12H19N5O. The minimum absolute atomic E-state index is 0.208. The van der Waals surface area contributed by atoms with Crippen LogP contribution in [0.3, 0.4) is 0 Å². The van der Waals surface area contributed by atoms with Gasteiger partial charge in [0.05, 0.1) is 6.61 Å². The van der Waals surface area contributed by atoms with E-state index in [4.69, 9.17) is 10.5 Å². The van der Waals surface area contributed by atoms with E-state index >= 15 is 0 Å². The molecule has 2 rings (SSSR count). The van der Waals surface area contributed by atoms with Gasteiger partial charge in [-0.05, 0) is 25.7 Å². The van der Waals surface area contributed by atoms with Crippen LogP contribution < -0.4 is 15.4 Å². The monoisotopic (exact) mass is 249 g/mol. The summed E-state index contributed by atoms with van der Waals surface area (Å²) in [5.41, 5.74) is 5.68. The van der Waals surface area contributed by atoms with Crippen LogP contribution in [0.2, 0.25) is 0 Å². The lowest BCUT2D eigenvalue weighted by molar-refractivity contribution is 0.298. The molecule has 1 saturated heterocycles. The number of anilines is 2. The molecule has 0 atom stereocenters. The normalized spacial score (nSPS) is 15.4. The summed E-state index contributed by atoms with van der Waals surface area (Å²) in [6.07, 6.45) is 6.14. The predicted octanol–water partition coefficient (Wildman–Crippen LogP) is 1.40. The highest BCUT2D eigenvalue weighted by atomic mass is 16.5. The summed E-state index contributed by atoms with van der Waals surface area (Å²) >= 11 is 0. The van der Waals surface area contributed by atoms with Crippen molar-refractivity contribution in [3.05, 3.63) is 12.7 Å². The largest absolute Gasteiger partial charge is 0.463 e. The van der Waals surface area contributed by atoms with Gasteiger partial charge in [0.15, 0.2) is 0 Å². The minimum atomic E-state index is 0.208. The van der Waals surface area contributed by atoms with Gasteiger partial charge in [-0.15, -0.1) is 6.58 Å². The van der Waals surface area contributed by atoms with E-state index in [1.54, 1.807) is 6.08 Å². The van der Waals surface area contributed by atoms with Gasteiger partial charge in [-0.25, -0.2) is 0 Å². The summed E-state index contributed by atoms with van der Waals surface area (Å²) in [5.74, 6) is 0.829. The Kier molecular flexibility index (Phi) is 4.33. The molecule has 1 fully saturated rings. The Balaban J connectivity index is 2.07. The molecule has 6 nitrogen and oxygen atoms in total. The predicted molar refractivity (Wildman–Crippen MR) is 70.6 cm³/mol. The topological polar surface area (TPSA) is 77.2 Å². The summed E-state index contributed by atoms with van der Waals surface area (Å²) in [6.45, 7) is 6.08. The molecule has 2 N–H and O–H groups in total. The number of aromatic nitrogens is 3. The van der Waals surface area contributed by atoms with E-state index in [1.807, 2.05) is 0 Å². The molecule has 2 heterocycles. The number of rotatable bonds is 5. The molecule has 1 aromatic rings. The van der Waals surface area contributed by atoms with Gasteiger partial charge in [-0.1, -0.05) is 6.08 Å². The number of hydrogen-bond acceptors (Lipinski definition) is 6. The molecule has 1 aromatic heterocycles. The zero-order valence-corrected chi connectivity index (χ0v) is 10.5. The Bertz CT molecular complexity index is 403. The first-order valence-electron chi connectivity index (χ1n) is 6.30. The number of piperidine rings is 1. The second kappa shape index (κ2) is 6.18. The summed E-state index contributed by atoms with van der Waals surface area (Å²) in [5, 5.41) is 0. The maximum absolute atomic E-state index is 5.68. The number of hydrogen-bond donors (Lipinski definition) is 1. The van der Waals surface area contributed by atoms with Crippen molar-refractivity contribution >= 4 is 11.9 Å². The highest BCUT2D eigenvalue weighted by Gasteiger charge is 2.15. The Labute approximate surface area is 107 Å². The van der Waals surface area contributed by atoms with E-state index in [2.05, 4.69) is 26.4 Å². The zero-order chi connectivity index (χ0) is 12.8. The molecule has 1 aliphatic rings. The lowest BCUT2D eigenvalue weighted by atomic mass is 10.1. The zero-order valence-electron chi connectivity index (χ0n) is 10.5. The van der Waals surface area contributed by atoms with Crippen molar-refractivity contribution in [3.63, 3.8) is 0 Å². The van der Waals surface area contributed by atoms with Gasteiger partial charge in [0, 0.05) is 13.1 Å². The van der Waals surface area contributed by atoms with E-state index in [9.17, 15) is 0 Å². The molecular weight excluding hydrogens is 230 g/mol. The molecule has 0 amide bonds. The van der Waals surface area contributed by atoms with E-state index < -0.39 is 0 Å². The molecule has 18 heavy (non-hydrogen) atoms. The lowest BCUT2D eigenvalue weighted by Crippen LogP contribution is -2.31. The second-order valence-electron chi connectivity index (χ2n) is 4.25. The first kappa shape index (κ1) is 12.6. The third-order valence-electron chi connectivity index (χ3n) is 2.81. The van der Waals surface area contributed by atoms with Crippen molar-refractivity contribution in [2.75, 3.05) is 30.3 Å². The summed E-state index contributed by atoms with van der Waals surface area (Å²) in [7, 11) is 0. The van der Waals surface area contributed by atoms with Crippen LogP contribution in [0.5, 0.6) is 6.01 Å². The average molecular weight is 249 g/mol. The molecule has 0 aliphatic carbocycles. The van der Waals surface area contributed by atoms with Crippen LogP contribution in [0.15, 0.2) is 12.7 Å². The standard InChI is InChI=1S/C12H19N5O/c1-2-3-9-18-12-15-10(13)14-11(16-12)17-7-5-4-6-8-17/h2H,1,3-9H2,(H2,13,14,15,16). The Morgan fingerprint density at radius 1 is 1.22 bits per heavy atom. The maximum atomic E-state index is 5.68. The van der Waals surface area contributed by atoms with E-state index in [0.717, 1.165) is 32.4 Å². The van der Waals surface area contributed by atoms with Crippen LogP contribution in [-0.4, -0.2) is 34.6 Å². The SMILES string of the molecule is C=CCCOc1nc(N)nc(N2CCCCC2)n1. The molecule has 98 valence electrons. The van der Waals surface area contributed by atoms with Crippen LogP contribution in [-0.2, 0) is 0 Å². The van der Waals surface area contributed by atoms with Crippen molar-refractivity contribution < 1.29 is 4.74 Å². The van der Waals surface area contributed by atoms with Gasteiger partial charge in [0.2, 0.25) is 11.9 Å². The fourth-order valence-electron chi connectivity index (χ4n) is 1.89. The van der Waals surface area contributed by atoms with Crippen molar-refractivity contribution in [1.29, 1.82) is 0 Å². The van der Waals surface area contributed by atoms with Crippen LogP contribution in [0.25, 0.3) is 0 Å². The number of nitrogen functional groups attached to an aromatic ring is 1. The highest BCUT2D eigenvalue weighted by molar-refractivity contribution is 5.36. The third kappa shape index (κ3) is 3.32. The van der Waals surface area contributed by atoms with E-state index in [0.29, 0.717) is 18.6 Å². The highest BCUT2D eigenvalue weighted by Crippen LogP contribution is 2.18. The van der Waals surface area contributed by atoms with Gasteiger partial charge >= 0.3 is 6.01 Å². The molecule has 0 aromatic carbocycles. The fraction of sp³-hybridized carbons (Fsp3) is 0.583. The van der Waals surface area contributed by atoms with Crippen molar-refractivity contribution in [2.24, 2.45) is 0 Å². The van der Waals surface area contributed by atoms with Gasteiger partial charge in [-0.2, -0.15) is 15.0 Å². The Morgan fingerprint density at radius 2 is 2.00 bits per heavy atom. The van der Waals surface area contributed by atoms with Gasteiger partial charge in [-0.3, -0.25) is 0 Å². The quantitative estimate of drug-likeness (QED) is 0.628. The first-order valence-corrected chi connectivity index (χ1v) is 6.30. The molecule has 0 radical (unpaired) electrons. The summed E-state index contributed by atoms with van der Waals surface area (Å²) in [4.78, 5) is 14.6. The average Bonchev–Trinajstić information content (AvgIpc) is 2.39. The molecule has 0 unspecified atom stereocenters. The Morgan fingerprint density at radius 3 is 2.72 bits per heavy atom. The smallest absolute Gasteiger partial charge is 0.323 e. The van der Waals surface area contributed by atoms with Gasteiger partial charge in [0.25, 0.3) is 0 Å². The third-order valence-corrected chi connectivity index (χ3v) is 2.81. The van der Waals surface area contributed by atoms with Crippen molar-refractivity contribution in [1.82, 2.24) is 15.0 Å². The molecule has 0 spiro atoms. The van der Waals surface area contributed by atoms with Gasteiger partial charge in [0.1, 0.15) is 0 Å². The fourth-order valence-corrected chi connectivity index (χ4v) is 1.89.